The molecular formula is C52H40N5O2Pt-. The van der Waals surface area contributed by atoms with Crippen molar-refractivity contribution in [2.45, 2.75) is 52.4 Å². The molecule has 0 bridgehead atoms. The molecular weight excluding hydrogens is 922 g/mol. The fourth-order valence-corrected chi connectivity index (χ4v) is 8.23. The molecule has 3 heterocycles. The van der Waals surface area contributed by atoms with Crippen LogP contribution < -0.4 is 0 Å². The molecule has 7 nitrogen and oxygen atoms in total. The number of pyridine rings is 1. The van der Waals surface area contributed by atoms with Gasteiger partial charge in [0.15, 0.2) is 5.69 Å². The Balaban J connectivity index is 0.00000499. The second-order valence-electron chi connectivity index (χ2n) is 16.9. The van der Waals surface area contributed by atoms with E-state index in [1.54, 1.807) is 18.3 Å². The molecule has 0 spiro atoms. The summed E-state index contributed by atoms with van der Waals surface area (Å²) in [6.45, 7) is 20.7. The quantitative estimate of drug-likeness (QED) is 0.174. The maximum absolute atomic E-state index is 12.5. The van der Waals surface area contributed by atoms with Gasteiger partial charge in [-0.05, 0) is 51.6 Å². The minimum Gasteiger partial charge on any atom is -0.508 e. The topological polar surface area (TPSA) is 92.2 Å². The summed E-state index contributed by atoms with van der Waals surface area (Å²) in [4.78, 5) is 14.2. The third-order valence-corrected chi connectivity index (χ3v) is 10.9. The standard InChI is InChI=1S/C52H40N5O2.Pt/c1-51(2,3)40-29-39(48(58)45(47(40)54-7)52(4,5)6)50-56-46-35(20-15-22-43(46)57(50)42-21-13-11-18-34(42)32-16-9-8-10-17-32)33-27-37-36-19-12-14-23-44(36)59-49(37)38(28-33)41-26-31(30-53)24-25-55-41;/h8-27,29,58H,1-6H3;/q-1;. The number of para-hydroxylation sites is 3. The second-order valence-corrected chi connectivity index (χ2v) is 16.9. The number of furan rings is 1. The summed E-state index contributed by atoms with van der Waals surface area (Å²) in [7, 11) is 0. The number of phenolic OH excluding ortho intramolecular Hbond substituents is 1. The number of aromatic nitrogens is 3. The van der Waals surface area contributed by atoms with Crippen LogP contribution in [0.1, 0.15) is 58.2 Å². The van der Waals surface area contributed by atoms with Gasteiger partial charge in [0, 0.05) is 55.0 Å². The largest absolute Gasteiger partial charge is 0.508 e. The monoisotopic (exact) mass is 961 g/mol. The van der Waals surface area contributed by atoms with Crippen molar-refractivity contribution in [2.24, 2.45) is 0 Å². The number of imidazole rings is 1. The van der Waals surface area contributed by atoms with E-state index >= 15 is 0 Å². The first kappa shape index (κ1) is 40.0. The molecule has 0 saturated heterocycles. The van der Waals surface area contributed by atoms with Gasteiger partial charge in [0.05, 0.1) is 40.5 Å². The van der Waals surface area contributed by atoms with Gasteiger partial charge >= 0.3 is 0 Å². The number of rotatable bonds is 5. The third kappa shape index (κ3) is 6.66. The number of phenols is 1. The minimum absolute atomic E-state index is 0. The van der Waals surface area contributed by atoms with Crippen LogP contribution in [0.4, 0.5) is 5.69 Å². The molecule has 9 rings (SSSR count). The molecule has 0 aliphatic heterocycles. The molecule has 60 heavy (non-hydrogen) atoms. The van der Waals surface area contributed by atoms with Crippen LogP contribution in [0.2, 0.25) is 0 Å². The van der Waals surface area contributed by atoms with Gasteiger partial charge in [-0.2, -0.15) is 5.26 Å². The van der Waals surface area contributed by atoms with Crippen LogP contribution in [0.5, 0.6) is 5.75 Å². The second kappa shape index (κ2) is 15.1. The Morgan fingerprint density at radius 2 is 1.50 bits per heavy atom. The number of aromatic hydroxyl groups is 1. The van der Waals surface area contributed by atoms with Crippen molar-refractivity contribution in [3.8, 4) is 62.4 Å². The van der Waals surface area contributed by atoms with Crippen molar-refractivity contribution in [3.63, 3.8) is 0 Å². The van der Waals surface area contributed by atoms with Gasteiger partial charge in [0.1, 0.15) is 17.2 Å². The average Bonchev–Trinajstić information content (AvgIpc) is 3.81. The smallest absolute Gasteiger partial charge is 0.198 e. The summed E-state index contributed by atoms with van der Waals surface area (Å²) >= 11 is 0. The van der Waals surface area contributed by atoms with Gasteiger partial charge < -0.3 is 9.52 Å². The van der Waals surface area contributed by atoms with Gasteiger partial charge in [-0.15, -0.1) is 17.7 Å². The van der Waals surface area contributed by atoms with Gasteiger partial charge in [0.25, 0.3) is 0 Å². The summed E-state index contributed by atoms with van der Waals surface area (Å²) in [5, 5.41) is 24.2. The molecule has 0 radical (unpaired) electrons. The van der Waals surface area contributed by atoms with Crippen molar-refractivity contribution >= 4 is 38.7 Å². The van der Waals surface area contributed by atoms with Crippen LogP contribution in [0.15, 0.2) is 132 Å². The maximum atomic E-state index is 12.5. The summed E-state index contributed by atoms with van der Waals surface area (Å²) in [6, 6.07) is 45.9. The van der Waals surface area contributed by atoms with E-state index in [0.717, 1.165) is 55.4 Å². The Morgan fingerprint density at radius 1 is 0.783 bits per heavy atom. The van der Waals surface area contributed by atoms with Gasteiger partial charge in [-0.1, -0.05) is 144 Å². The summed E-state index contributed by atoms with van der Waals surface area (Å²) in [5.41, 5.74) is 10.5. The van der Waals surface area contributed by atoms with Crippen molar-refractivity contribution in [2.75, 3.05) is 0 Å². The molecule has 0 aliphatic carbocycles. The van der Waals surface area contributed by atoms with Crippen molar-refractivity contribution in [1.29, 1.82) is 5.26 Å². The number of nitriles is 1. The minimum atomic E-state index is -0.561. The van der Waals surface area contributed by atoms with E-state index in [0.29, 0.717) is 50.6 Å². The molecule has 0 atom stereocenters. The predicted octanol–water partition coefficient (Wildman–Crippen LogP) is 13.5. The Bertz CT molecular complexity index is 3220. The van der Waals surface area contributed by atoms with Crippen LogP contribution in [0, 0.1) is 24.0 Å². The number of nitrogens with zero attached hydrogens (tertiary/aromatic N) is 5. The van der Waals surface area contributed by atoms with Crippen molar-refractivity contribution in [3.05, 3.63) is 162 Å². The van der Waals surface area contributed by atoms with Crippen molar-refractivity contribution < 1.29 is 30.6 Å². The van der Waals surface area contributed by atoms with Gasteiger partial charge in [-0.3, -0.25) is 9.55 Å². The van der Waals surface area contributed by atoms with Crippen molar-refractivity contribution in [1.82, 2.24) is 14.5 Å². The molecule has 0 saturated carbocycles. The molecule has 9 aromatic rings. The Morgan fingerprint density at radius 3 is 2.23 bits per heavy atom. The van der Waals surface area contributed by atoms with Crippen LogP contribution >= 0.6 is 0 Å². The molecule has 0 fully saturated rings. The fourth-order valence-electron chi connectivity index (χ4n) is 8.23. The first-order valence-electron chi connectivity index (χ1n) is 19.6. The molecule has 8 heteroatoms. The van der Waals surface area contributed by atoms with Crippen LogP contribution in [0.25, 0.3) is 88.4 Å². The maximum Gasteiger partial charge on any atom is 0.198 e. The molecule has 0 amide bonds. The first-order valence-corrected chi connectivity index (χ1v) is 19.6. The summed E-state index contributed by atoms with van der Waals surface area (Å²) in [5.74, 6) is 0.578. The number of benzene rings is 6. The molecule has 0 unspecified atom stereocenters. The number of fused-ring (bicyclic) bond motifs is 4. The van der Waals surface area contributed by atoms with Gasteiger partial charge in [-0.25, -0.2) is 9.83 Å². The summed E-state index contributed by atoms with van der Waals surface area (Å²) in [6.07, 6.45) is 1.63. The van der Waals surface area contributed by atoms with E-state index in [9.17, 15) is 10.4 Å². The molecule has 1 N–H and O–H groups in total. The summed E-state index contributed by atoms with van der Waals surface area (Å²) < 4.78 is 8.61. The molecule has 0 aliphatic rings. The average molecular weight is 962 g/mol. The van der Waals surface area contributed by atoms with E-state index in [-0.39, 0.29) is 26.8 Å². The zero-order valence-electron chi connectivity index (χ0n) is 34.0. The zero-order valence-corrected chi connectivity index (χ0v) is 36.3. The van der Waals surface area contributed by atoms with E-state index in [2.05, 4.69) is 83.7 Å². The van der Waals surface area contributed by atoms with E-state index in [1.807, 2.05) is 93.6 Å². The zero-order chi connectivity index (χ0) is 41.2. The predicted molar refractivity (Wildman–Crippen MR) is 237 cm³/mol. The number of hydrogen-bond acceptors (Lipinski definition) is 5. The first-order chi connectivity index (χ1) is 28.4. The van der Waals surface area contributed by atoms with E-state index in [4.69, 9.17) is 16.0 Å². The Labute approximate surface area is 363 Å². The van der Waals surface area contributed by atoms with Crippen LogP contribution in [-0.2, 0) is 31.9 Å². The molecule has 3 aromatic heterocycles. The van der Waals surface area contributed by atoms with Crippen LogP contribution in [0.3, 0.4) is 0 Å². The molecule has 296 valence electrons. The fraction of sp³-hybridized carbons (Fsp3) is 0.154. The Hall–Kier alpha value is -6.79. The van der Waals surface area contributed by atoms with Crippen LogP contribution in [-0.4, -0.2) is 19.6 Å². The number of hydrogen-bond donors (Lipinski definition) is 1. The normalized spacial score (nSPS) is 11.7. The Kier molecular flexibility index (Phi) is 10.1. The molecule has 6 aromatic carbocycles. The van der Waals surface area contributed by atoms with E-state index < -0.39 is 10.8 Å². The van der Waals surface area contributed by atoms with Gasteiger partial charge in [0.2, 0.25) is 0 Å². The van der Waals surface area contributed by atoms with E-state index in [1.165, 1.54) is 0 Å². The third-order valence-electron chi connectivity index (χ3n) is 10.9. The SMILES string of the molecule is [C-]#[N+]c1c(C(C)(C)C)cc(-c2nc3c(-c4[c-]c(-c5cc(C#N)ccn5)c5oc6ccccc6c5c4)cccc3n2-c2ccccc2-c2ccccc2)c(O)c1C(C)(C)C.[Pt].